The zero-order valence-corrected chi connectivity index (χ0v) is 13.0. The molecule has 3 aromatic heterocycles. The fourth-order valence-corrected chi connectivity index (χ4v) is 4.74. The molecule has 1 aromatic carbocycles. The molecule has 0 saturated heterocycles. The van der Waals surface area contributed by atoms with Gasteiger partial charge in [0.1, 0.15) is 4.83 Å². The lowest BCUT2D eigenvalue weighted by Gasteiger charge is -2.13. The monoisotopic (exact) mass is 306 g/mol. The second-order valence-electron chi connectivity index (χ2n) is 6.04. The van der Waals surface area contributed by atoms with Crippen LogP contribution in [-0.2, 0) is 12.8 Å². The van der Waals surface area contributed by atoms with Gasteiger partial charge < -0.3 is 0 Å². The summed E-state index contributed by atoms with van der Waals surface area (Å²) in [6.45, 7) is 0. The molecule has 0 bridgehead atoms. The molecule has 22 heavy (non-hydrogen) atoms. The van der Waals surface area contributed by atoms with E-state index in [2.05, 4.69) is 29.2 Å². The third kappa shape index (κ3) is 1.61. The number of fused-ring (bicyclic) bond motifs is 6. The van der Waals surface area contributed by atoms with Gasteiger partial charge in [-0.1, -0.05) is 18.2 Å². The number of aryl methyl sites for hydroxylation is 2. The van der Waals surface area contributed by atoms with Crippen LogP contribution in [0, 0.1) is 0 Å². The molecule has 1 aliphatic rings. The molecule has 4 heteroatoms. The second kappa shape index (κ2) is 4.40. The summed E-state index contributed by atoms with van der Waals surface area (Å²) in [7, 11) is 0. The molecule has 5 rings (SSSR count). The van der Waals surface area contributed by atoms with Crippen molar-refractivity contribution in [3.8, 4) is 0 Å². The molecule has 3 N–H and O–H groups in total. The summed E-state index contributed by atoms with van der Waals surface area (Å²) in [4.78, 5) is 9.49. The fraction of sp³-hybridized carbons (Fsp3) is 0.222. The summed E-state index contributed by atoms with van der Waals surface area (Å²) in [6.07, 6.45) is 4.81. The highest BCUT2D eigenvalue weighted by atomic mass is 32.1. The zero-order chi connectivity index (χ0) is 14.7. The van der Waals surface area contributed by atoms with Gasteiger partial charge in [-0.3, -0.25) is 5.73 Å². The van der Waals surface area contributed by atoms with Gasteiger partial charge in [0, 0.05) is 11.1 Å². The summed E-state index contributed by atoms with van der Waals surface area (Å²) in [5.74, 6) is 0.737. The van der Waals surface area contributed by atoms with Crippen LogP contribution in [0.25, 0.3) is 31.2 Å². The number of nitrogen functional groups attached to an aromatic ring is 1. The van der Waals surface area contributed by atoms with Crippen molar-refractivity contribution in [2.24, 2.45) is 0 Å². The summed E-state index contributed by atoms with van der Waals surface area (Å²) in [5, 5.41) is 3.53. The van der Waals surface area contributed by atoms with Gasteiger partial charge in [-0.25, -0.2) is 9.97 Å². The van der Waals surface area contributed by atoms with Crippen molar-refractivity contribution in [3.63, 3.8) is 0 Å². The molecular formula is C18H16N3S+. The number of pyridine rings is 2. The molecule has 0 radical (unpaired) electrons. The molecule has 0 amide bonds. The maximum atomic E-state index is 6.24. The molecule has 1 aliphatic carbocycles. The molecule has 3 heterocycles. The standard InChI is InChI=1S/C18H15N3S/c19-17-12-7-3-2-6-11(12)16-15(21-17)13-9-10-5-1-4-8-14(10)20-18(13)22-16/h2-3,6-7,9H,1,4-5,8H2,(H2,19,21)/p+1. The molecular weight excluding hydrogens is 290 g/mol. The Balaban J connectivity index is 1.96. The zero-order valence-electron chi connectivity index (χ0n) is 12.1. The highest BCUT2D eigenvalue weighted by Crippen LogP contribution is 2.37. The minimum atomic E-state index is 0.737. The minimum absolute atomic E-state index is 0.737. The predicted molar refractivity (Wildman–Crippen MR) is 92.2 cm³/mol. The van der Waals surface area contributed by atoms with E-state index in [4.69, 9.17) is 10.7 Å². The Bertz CT molecular complexity index is 1050. The van der Waals surface area contributed by atoms with Crippen LogP contribution >= 0.6 is 11.3 Å². The highest BCUT2D eigenvalue weighted by molar-refractivity contribution is 7.26. The predicted octanol–water partition coefficient (Wildman–Crippen LogP) is 3.88. The Morgan fingerprint density at radius 3 is 2.77 bits per heavy atom. The van der Waals surface area contributed by atoms with Crippen LogP contribution < -0.4 is 10.7 Å². The first-order chi connectivity index (χ1) is 10.8. The number of nitrogens with zero attached hydrogens (tertiary/aromatic N) is 1. The van der Waals surface area contributed by atoms with Gasteiger partial charge in [0.15, 0.2) is 5.52 Å². The number of nitrogens with two attached hydrogens (primary N) is 1. The van der Waals surface area contributed by atoms with E-state index < -0.39 is 0 Å². The number of benzene rings is 1. The molecule has 108 valence electrons. The lowest BCUT2D eigenvalue weighted by Crippen LogP contribution is -2.11. The maximum absolute atomic E-state index is 6.24. The number of H-pyrrole nitrogens is 1. The van der Waals surface area contributed by atoms with Gasteiger partial charge in [-0.05, 0) is 43.4 Å². The smallest absolute Gasteiger partial charge is 0.278 e. The van der Waals surface area contributed by atoms with Gasteiger partial charge in [-0.2, -0.15) is 0 Å². The van der Waals surface area contributed by atoms with Crippen molar-refractivity contribution in [1.82, 2.24) is 4.98 Å². The van der Waals surface area contributed by atoms with E-state index in [-0.39, 0.29) is 0 Å². The summed E-state index contributed by atoms with van der Waals surface area (Å²) in [5.41, 5.74) is 10.1. The average Bonchev–Trinajstić information content (AvgIpc) is 2.91. The first kappa shape index (κ1) is 12.4. The Morgan fingerprint density at radius 2 is 1.86 bits per heavy atom. The SMILES string of the molecule is Nc1[nH+]c2c3cc4c(nc3sc2c2ccccc12)CCCC4. The molecule has 0 spiro atoms. The largest absolute Gasteiger partial charge is 0.287 e. The average molecular weight is 306 g/mol. The Labute approximate surface area is 131 Å². The van der Waals surface area contributed by atoms with Crippen molar-refractivity contribution < 1.29 is 4.98 Å². The van der Waals surface area contributed by atoms with E-state index in [9.17, 15) is 0 Å². The summed E-state index contributed by atoms with van der Waals surface area (Å²) < 4.78 is 1.26. The van der Waals surface area contributed by atoms with Crippen molar-refractivity contribution in [1.29, 1.82) is 0 Å². The van der Waals surface area contributed by atoms with Gasteiger partial charge in [0.05, 0.1) is 15.5 Å². The lowest BCUT2D eigenvalue weighted by molar-refractivity contribution is -0.323. The van der Waals surface area contributed by atoms with Crippen LogP contribution in [0.4, 0.5) is 5.82 Å². The van der Waals surface area contributed by atoms with Crippen LogP contribution in [0.5, 0.6) is 0 Å². The Morgan fingerprint density at radius 1 is 1.05 bits per heavy atom. The van der Waals surface area contributed by atoms with Crippen LogP contribution in [0.15, 0.2) is 30.3 Å². The highest BCUT2D eigenvalue weighted by Gasteiger charge is 2.19. The number of thiophene rings is 1. The van der Waals surface area contributed by atoms with E-state index in [1.165, 1.54) is 39.6 Å². The second-order valence-corrected chi connectivity index (χ2v) is 7.04. The molecule has 0 atom stereocenters. The van der Waals surface area contributed by atoms with Crippen molar-refractivity contribution in [2.75, 3.05) is 5.73 Å². The quantitative estimate of drug-likeness (QED) is 0.536. The van der Waals surface area contributed by atoms with E-state index in [1.54, 1.807) is 11.3 Å². The van der Waals surface area contributed by atoms with Crippen LogP contribution in [0.3, 0.4) is 0 Å². The lowest BCUT2D eigenvalue weighted by atomic mass is 9.95. The molecule has 4 aromatic rings. The third-order valence-corrected chi connectivity index (χ3v) is 5.82. The molecule has 0 saturated carbocycles. The molecule has 0 fully saturated rings. The molecule has 3 nitrogen and oxygen atoms in total. The number of aromatic amines is 1. The number of aromatic nitrogens is 2. The van der Waals surface area contributed by atoms with Gasteiger partial charge in [0.25, 0.3) is 5.82 Å². The number of anilines is 1. The Hall–Kier alpha value is -2.20. The van der Waals surface area contributed by atoms with Crippen molar-refractivity contribution in [3.05, 3.63) is 41.6 Å². The fourth-order valence-electron chi connectivity index (χ4n) is 3.57. The van der Waals surface area contributed by atoms with E-state index in [1.807, 2.05) is 6.07 Å². The molecule has 0 aliphatic heterocycles. The normalized spacial score (nSPS) is 14.7. The maximum Gasteiger partial charge on any atom is 0.278 e. The van der Waals surface area contributed by atoms with Gasteiger partial charge in [0.2, 0.25) is 0 Å². The summed E-state index contributed by atoms with van der Waals surface area (Å²) in [6, 6.07) is 10.7. The number of hydrogen-bond acceptors (Lipinski definition) is 3. The van der Waals surface area contributed by atoms with Crippen LogP contribution in [0.2, 0.25) is 0 Å². The summed E-state index contributed by atoms with van der Waals surface area (Å²) >= 11 is 1.77. The van der Waals surface area contributed by atoms with E-state index in [0.29, 0.717) is 0 Å². The number of hydrogen-bond donors (Lipinski definition) is 1. The van der Waals surface area contributed by atoms with Crippen LogP contribution in [0.1, 0.15) is 24.1 Å². The third-order valence-electron chi connectivity index (χ3n) is 4.68. The van der Waals surface area contributed by atoms with Crippen LogP contribution in [-0.4, -0.2) is 4.98 Å². The van der Waals surface area contributed by atoms with Crippen molar-refractivity contribution >= 4 is 48.4 Å². The van der Waals surface area contributed by atoms with E-state index in [0.717, 1.165) is 34.4 Å². The Kier molecular flexibility index (Phi) is 2.47. The first-order valence-corrected chi connectivity index (χ1v) is 8.57. The van der Waals surface area contributed by atoms with Crippen molar-refractivity contribution in [2.45, 2.75) is 25.7 Å². The van der Waals surface area contributed by atoms with Gasteiger partial charge in [-0.15, -0.1) is 11.3 Å². The van der Waals surface area contributed by atoms with Gasteiger partial charge >= 0.3 is 0 Å². The first-order valence-electron chi connectivity index (χ1n) is 7.76. The number of nitrogens with one attached hydrogen (secondary N) is 1. The minimum Gasteiger partial charge on any atom is -0.287 e. The molecule has 0 unspecified atom stereocenters. The number of rotatable bonds is 0. The topological polar surface area (TPSA) is 53.0 Å². The van der Waals surface area contributed by atoms with E-state index >= 15 is 0 Å².